The second kappa shape index (κ2) is 5.52. The second-order valence-electron chi connectivity index (χ2n) is 6.92. The lowest BCUT2D eigenvalue weighted by Gasteiger charge is -2.18. The summed E-state index contributed by atoms with van der Waals surface area (Å²) in [5, 5.41) is 10.4. The third kappa shape index (κ3) is 2.18. The number of carboxylic acids is 1. The van der Waals surface area contributed by atoms with E-state index in [0.29, 0.717) is 22.0 Å². The monoisotopic (exact) mass is 374 g/mol. The third-order valence-corrected chi connectivity index (χ3v) is 7.28. The van der Waals surface area contributed by atoms with Crippen LogP contribution in [0.15, 0.2) is 35.2 Å². The molecule has 26 heavy (non-hydrogen) atoms. The van der Waals surface area contributed by atoms with Crippen molar-refractivity contribution in [2.75, 3.05) is 25.0 Å². The van der Waals surface area contributed by atoms with Gasteiger partial charge in [-0.05, 0) is 24.1 Å². The summed E-state index contributed by atoms with van der Waals surface area (Å²) in [5.74, 6) is -2.12. The first-order chi connectivity index (χ1) is 12.2. The number of benzene rings is 2. The highest BCUT2D eigenvalue weighted by Crippen LogP contribution is 2.40. The normalized spacial score (nSPS) is 23.2. The van der Waals surface area contributed by atoms with Crippen molar-refractivity contribution in [2.24, 2.45) is 11.8 Å². The molecule has 1 N–H and O–H groups in total. The molecule has 8 heteroatoms. The fourth-order valence-electron chi connectivity index (χ4n) is 3.91. The van der Waals surface area contributed by atoms with Crippen LogP contribution in [0.5, 0.6) is 0 Å². The highest BCUT2D eigenvalue weighted by Gasteiger charge is 2.41. The molecule has 0 bridgehead atoms. The predicted molar refractivity (Wildman–Crippen MR) is 95.7 cm³/mol. The summed E-state index contributed by atoms with van der Waals surface area (Å²) in [4.78, 5) is 25.3. The van der Waals surface area contributed by atoms with Gasteiger partial charge in [-0.2, -0.15) is 4.31 Å². The summed E-state index contributed by atoms with van der Waals surface area (Å²) >= 11 is 0. The molecule has 0 aliphatic carbocycles. The van der Waals surface area contributed by atoms with Gasteiger partial charge in [0.05, 0.1) is 16.5 Å². The second-order valence-corrected chi connectivity index (χ2v) is 8.83. The zero-order valence-electron chi connectivity index (χ0n) is 14.3. The Morgan fingerprint density at radius 2 is 1.92 bits per heavy atom. The third-order valence-electron chi connectivity index (χ3n) is 5.39. The number of carboxylic acid groups (broad SMARTS) is 1. The van der Waals surface area contributed by atoms with Crippen LogP contribution >= 0.6 is 0 Å². The molecule has 2 heterocycles. The topological polar surface area (TPSA) is 95.0 Å². The fourth-order valence-corrected chi connectivity index (χ4v) is 5.67. The van der Waals surface area contributed by atoms with Crippen molar-refractivity contribution in [1.29, 1.82) is 0 Å². The first kappa shape index (κ1) is 17.0. The summed E-state index contributed by atoms with van der Waals surface area (Å²) < 4.78 is 27.6. The number of carbonyl (C=O) groups is 2. The van der Waals surface area contributed by atoms with Gasteiger partial charge in [-0.1, -0.05) is 19.1 Å². The first-order valence-corrected chi connectivity index (χ1v) is 9.74. The van der Waals surface area contributed by atoms with Crippen LogP contribution in [0, 0.1) is 11.8 Å². The number of rotatable bonds is 3. The lowest BCUT2D eigenvalue weighted by atomic mass is 9.99. The lowest BCUT2D eigenvalue weighted by molar-refractivity contribution is -0.142. The minimum absolute atomic E-state index is 0.0411. The van der Waals surface area contributed by atoms with E-state index in [9.17, 15) is 23.1 Å². The molecule has 2 aromatic rings. The lowest BCUT2D eigenvalue weighted by Crippen LogP contribution is -2.30. The summed E-state index contributed by atoms with van der Waals surface area (Å²) in [5.41, 5.74) is 1.16. The first-order valence-electron chi connectivity index (χ1n) is 8.30. The van der Waals surface area contributed by atoms with Crippen LogP contribution < -0.4 is 4.90 Å². The highest BCUT2D eigenvalue weighted by molar-refractivity contribution is 7.89. The molecule has 0 aromatic heterocycles. The van der Waals surface area contributed by atoms with Gasteiger partial charge in [-0.15, -0.1) is 0 Å². The number of nitrogens with zero attached hydrogens (tertiary/aromatic N) is 2. The van der Waals surface area contributed by atoms with Crippen molar-refractivity contribution in [2.45, 2.75) is 11.8 Å². The number of sulfonamides is 1. The van der Waals surface area contributed by atoms with Crippen LogP contribution in [-0.4, -0.2) is 49.8 Å². The molecule has 0 unspecified atom stereocenters. The van der Waals surface area contributed by atoms with E-state index < -0.39 is 21.9 Å². The molecule has 4 rings (SSSR count). The van der Waals surface area contributed by atoms with E-state index in [-0.39, 0.29) is 29.8 Å². The molecule has 2 aliphatic rings. The van der Waals surface area contributed by atoms with Gasteiger partial charge in [0.15, 0.2) is 0 Å². The maximum atomic E-state index is 13.2. The Hall–Kier alpha value is -2.45. The smallest absolute Gasteiger partial charge is 0.308 e. The number of carbonyl (C=O) groups excluding carboxylic acids is 1. The van der Waals surface area contributed by atoms with Crippen LogP contribution in [0.3, 0.4) is 0 Å². The van der Waals surface area contributed by atoms with Crippen LogP contribution in [0.25, 0.3) is 10.8 Å². The summed E-state index contributed by atoms with van der Waals surface area (Å²) in [6.07, 6.45) is 0. The number of hydrogen-bond acceptors (Lipinski definition) is 4. The molecule has 2 atom stereocenters. The zero-order valence-corrected chi connectivity index (χ0v) is 15.2. The van der Waals surface area contributed by atoms with Gasteiger partial charge in [0.25, 0.3) is 5.91 Å². The number of hydrogen-bond donors (Lipinski definition) is 1. The van der Waals surface area contributed by atoms with Crippen molar-refractivity contribution >= 4 is 38.4 Å². The van der Waals surface area contributed by atoms with Gasteiger partial charge in [-0.25, -0.2) is 8.42 Å². The molecular formula is C18H18N2O5S. The molecule has 1 amide bonds. The minimum Gasteiger partial charge on any atom is -0.481 e. The van der Waals surface area contributed by atoms with Crippen LogP contribution in [0.4, 0.5) is 5.69 Å². The van der Waals surface area contributed by atoms with Gasteiger partial charge in [0.2, 0.25) is 10.0 Å². The van der Waals surface area contributed by atoms with Crippen LogP contribution in [0.1, 0.15) is 17.3 Å². The Morgan fingerprint density at radius 1 is 1.19 bits per heavy atom. The maximum Gasteiger partial charge on any atom is 0.308 e. The van der Waals surface area contributed by atoms with Gasteiger partial charge >= 0.3 is 5.97 Å². The fraction of sp³-hybridized carbons (Fsp3) is 0.333. The van der Waals surface area contributed by atoms with Crippen molar-refractivity contribution in [3.63, 3.8) is 0 Å². The van der Waals surface area contributed by atoms with Gasteiger partial charge < -0.3 is 10.0 Å². The Labute approximate surface area is 150 Å². The molecule has 2 aliphatic heterocycles. The SMILES string of the molecule is C[C@@H]1CN(S(=O)(=O)c2ccc3c4c(cccc24)C(=O)N3C)C[C@H]1C(=O)O. The average Bonchev–Trinajstić information content (AvgIpc) is 3.11. The summed E-state index contributed by atoms with van der Waals surface area (Å²) in [6, 6.07) is 8.19. The Balaban J connectivity index is 1.86. The van der Waals surface area contributed by atoms with Crippen LogP contribution in [0.2, 0.25) is 0 Å². The van der Waals surface area contributed by atoms with Gasteiger partial charge in [-0.3, -0.25) is 9.59 Å². The summed E-state index contributed by atoms with van der Waals surface area (Å²) in [7, 11) is -2.21. The Kier molecular flexibility index (Phi) is 3.61. The largest absolute Gasteiger partial charge is 0.481 e. The van der Waals surface area contributed by atoms with Gasteiger partial charge in [0, 0.05) is 36.5 Å². The zero-order chi connectivity index (χ0) is 18.8. The van der Waals surface area contributed by atoms with Crippen molar-refractivity contribution in [3.05, 3.63) is 35.9 Å². The van der Waals surface area contributed by atoms with E-state index in [4.69, 9.17) is 0 Å². The molecule has 1 fully saturated rings. The number of aliphatic carboxylic acids is 1. The van der Waals surface area contributed by atoms with Crippen molar-refractivity contribution < 1.29 is 23.1 Å². The van der Waals surface area contributed by atoms with Gasteiger partial charge in [0.1, 0.15) is 0 Å². The standard InChI is InChI=1S/C18H18N2O5S/c1-10-8-20(9-13(10)18(22)23)26(24,25)15-7-6-14-16-11(15)4-3-5-12(16)17(21)19(14)2/h3-7,10,13H,8-9H2,1-2H3,(H,22,23)/t10-,13-/m1/s1. The minimum atomic E-state index is -3.87. The predicted octanol–water partition coefficient (Wildman–Crippen LogP) is 1.77. The summed E-state index contributed by atoms with van der Waals surface area (Å²) in [6.45, 7) is 1.87. The molecule has 136 valence electrons. The van der Waals surface area contributed by atoms with E-state index in [1.54, 1.807) is 38.2 Å². The van der Waals surface area contributed by atoms with Crippen LogP contribution in [-0.2, 0) is 14.8 Å². The Bertz CT molecular complexity index is 1060. The molecule has 0 radical (unpaired) electrons. The quantitative estimate of drug-likeness (QED) is 0.883. The molecule has 0 spiro atoms. The van der Waals surface area contributed by atoms with E-state index >= 15 is 0 Å². The molecule has 2 aromatic carbocycles. The molecule has 1 saturated heterocycles. The average molecular weight is 374 g/mol. The Morgan fingerprint density at radius 3 is 2.58 bits per heavy atom. The van der Waals surface area contributed by atoms with Crippen molar-refractivity contribution in [1.82, 2.24) is 4.31 Å². The van der Waals surface area contributed by atoms with Crippen molar-refractivity contribution in [3.8, 4) is 0 Å². The molecular weight excluding hydrogens is 356 g/mol. The highest BCUT2D eigenvalue weighted by atomic mass is 32.2. The number of anilines is 1. The van der Waals surface area contributed by atoms with E-state index in [2.05, 4.69) is 0 Å². The van der Waals surface area contributed by atoms with E-state index in [1.807, 2.05) is 0 Å². The van der Waals surface area contributed by atoms with E-state index in [1.165, 1.54) is 15.3 Å². The molecule has 7 nitrogen and oxygen atoms in total. The van der Waals surface area contributed by atoms with E-state index in [0.717, 1.165) is 0 Å². The number of amides is 1. The molecule has 0 saturated carbocycles. The maximum absolute atomic E-state index is 13.2.